The second-order valence-corrected chi connectivity index (χ2v) is 8.12. The summed E-state index contributed by atoms with van der Waals surface area (Å²) in [4.78, 5) is 36.3. The van der Waals surface area contributed by atoms with E-state index in [2.05, 4.69) is 15.3 Å². The Kier molecular flexibility index (Phi) is 4.65. The molecule has 0 saturated heterocycles. The molecule has 1 aromatic carbocycles. The van der Waals surface area contributed by atoms with Gasteiger partial charge in [-0.1, -0.05) is 25.2 Å². The number of fused-ring (bicyclic) bond motifs is 2. The smallest absolute Gasteiger partial charge is 0.257 e. The predicted octanol–water partition coefficient (Wildman–Crippen LogP) is 3.47. The van der Waals surface area contributed by atoms with Gasteiger partial charge in [0.1, 0.15) is 5.52 Å². The molecule has 2 amide bonds. The van der Waals surface area contributed by atoms with Crippen LogP contribution in [0.1, 0.15) is 41.2 Å². The van der Waals surface area contributed by atoms with Crippen LogP contribution in [-0.2, 0) is 17.8 Å². The van der Waals surface area contributed by atoms with Gasteiger partial charge in [0.2, 0.25) is 5.91 Å². The lowest BCUT2D eigenvalue weighted by atomic mass is 10.1. The van der Waals surface area contributed by atoms with Gasteiger partial charge in [0, 0.05) is 29.8 Å². The number of carbonyl (C=O) groups is 2. The van der Waals surface area contributed by atoms with Crippen molar-refractivity contribution in [3.05, 3.63) is 40.7 Å². The Balaban J connectivity index is 1.46. The SMILES string of the molecule is CC(C)CC(=O)N1CCc2nc(NC(=O)c3ccc4ocnc4c3)sc2C1. The Hall–Kier alpha value is -2.74. The monoisotopic (exact) mass is 384 g/mol. The molecule has 140 valence electrons. The minimum atomic E-state index is -0.237. The zero-order chi connectivity index (χ0) is 19.0. The molecule has 27 heavy (non-hydrogen) atoms. The van der Waals surface area contributed by atoms with Crippen molar-refractivity contribution in [1.29, 1.82) is 0 Å². The van der Waals surface area contributed by atoms with E-state index in [9.17, 15) is 9.59 Å². The third kappa shape index (κ3) is 3.71. The lowest BCUT2D eigenvalue weighted by molar-refractivity contribution is -0.132. The first-order valence-electron chi connectivity index (χ1n) is 8.90. The molecule has 0 fully saturated rings. The van der Waals surface area contributed by atoms with E-state index in [1.807, 2.05) is 18.7 Å². The maximum atomic E-state index is 12.5. The molecule has 0 atom stereocenters. The van der Waals surface area contributed by atoms with Crippen molar-refractivity contribution in [2.45, 2.75) is 33.2 Å². The summed E-state index contributed by atoms with van der Waals surface area (Å²) in [5.41, 5.74) is 2.75. The number of hydrogen-bond donors (Lipinski definition) is 1. The molecule has 2 aromatic heterocycles. The van der Waals surface area contributed by atoms with Crippen LogP contribution in [0.3, 0.4) is 0 Å². The third-order valence-electron chi connectivity index (χ3n) is 4.48. The average molecular weight is 384 g/mol. The van der Waals surface area contributed by atoms with Gasteiger partial charge in [-0.2, -0.15) is 0 Å². The van der Waals surface area contributed by atoms with Crippen LogP contribution < -0.4 is 5.32 Å². The molecule has 3 aromatic rings. The molecule has 1 aliphatic rings. The number of hydrogen-bond acceptors (Lipinski definition) is 6. The van der Waals surface area contributed by atoms with Crippen LogP contribution in [0.5, 0.6) is 0 Å². The highest BCUT2D eigenvalue weighted by molar-refractivity contribution is 7.15. The van der Waals surface area contributed by atoms with Crippen molar-refractivity contribution in [1.82, 2.24) is 14.9 Å². The van der Waals surface area contributed by atoms with Crippen LogP contribution in [0.25, 0.3) is 11.1 Å². The lowest BCUT2D eigenvalue weighted by Gasteiger charge is -2.26. The van der Waals surface area contributed by atoms with Crippen LogP contribution in [0, 0.1) is 5.92 Å². The lowest BCUT2D eigenvalue weighted by Crippen LogP contribution is -2.36. The molecule has 4 rings (SSSR count). The molecule has 1 N–H and O–H groups in total. The Morgan fingerprint density at radius 2 is 2.22 bits per heavy atom. The van der Waals surface area contributed by atoms with Crippen molar-refractivity contribution in [3.8, 4) is 0 Å². The summed E-state index contributed by atoms with van der Waals surface area (Å²) >= 11 is 1.43. The van der Waals surface area contributed by atoms with E-state index in [0.717, 1.165) is 17.0 Å². The zero-order valence-electron chi connectivity index (χ0n) is 15.2. The van der Waals surface area contributed by atoms with Crippen LogP contribution >= 0.6 is 11.3 Å². The number of oxazole rings is 1. The molecule has 0 radical (unpaired) electrons. The van der Waals surface area contributed by atoms with Gasteiger partial charge >= 0.3 is 0 Å². The molecule has 0 aliphatic carbocycles. The highest BCUT2D eigenvalue weighted by Crippen LogP contribution is 2.29. The molecule has 0 bridgehead atoms. The van der Waals surface area contributed by atoms with Gasteiger partial charge in [-0.25, -0.2) is 9.97 Å². The van der Waals surface area contributed by atoms with Crippen molar-refractivity contribution < 1.29 is 14.0 Å². The van der Waals surface area contributed by atoms with Gasteiger partial charge < -0.3 is 9.32 Å². The maximum Gasteiger partial charge on any atom is 0.257 e. The Morgan fingerprint density at radius 1 is 1.37 bits per heavy atom. The second-order valence-electron chi connectivity index (χ2n) is 7.04. The van der Waals surface area contributed by atoms with Crippen LogP contribution in [0.15, 0.2) is 29.0 Å². The summed E-state index contributed by atoms with van der Waals surface area (Å²) in [7, 11) is 0. The standard InChI is InChI=1S/C19H20N4O3S/c1-11(2)7-17(24)23-6-5-13-16(9-23)27-19(21-13)22-18(25)12-3-4-15-14(8-12)20-10-26-15/h3-4,8,10-11H,5-7,9H2,1-2H3,(H,21,22,25). The van der Waals surface area contributed by atoms with Crippen LogP contribution in [0.4, 0.5) is 5.13 Å². The molecule has 3 heterocycles. The number of benzene rings is 1. The van der Waals surface area contributed by atoms with E-state index in [-0.39, 0.29) is 11.8 Å². The van der Waals surface area contributed by atoms with Gasteiger partial charge in [-0.15, -0.1) is 0 Å². The first kappa shape index (κ1) is 17.7. The number of amides is 2. The highest BCUT2D eigenvalue weighted by atomic mass is 32.1. The largest absolute Gasteiger partial charge is 0.443 e. The van der Waals surface area contributed by atoms with Crippen molar-refractivity contribution in [2.75, 3.05) is 11.9 Å². The summed E-state index contributed by atoms with van der Waals surface area (Å²) < 4.78 is 5.19. The van der Waals surface area contributed by atoms with Gasteiger partial charge in [0.25, 0.3) is 5.91 Å². The minimum absolute atomic E-state index is 0.176. The molecule has 0 unspecified atom stereocenters. The van der Waals surface area contributed by atoms with Gasteiger partial charge in [-0.3, -0.25) is 14.9 Å². The maximum absolute atomic E-state index is 12.5. The number of carbonyl (C=O) groups excluding carboxylic acids is 2. The summed E-state index contributed by atoms with van der Waals surface area (Å²) in [6.07, 6.45) is 2.63. The van der Waals surface area contributed by atoms with E-state index in [4.69, 9.17) is 4.42 Å². The number of rotatable bonds is 4. The number of nitrogens with zero attached hydrogens (tertiary/aromatic N) is 3. The quantitative estimate of drug-likeness (QED) is 0.744. The molecular weight excluding hydrogens is 364 g/mol. The fourth-order valence-corrected chi connectivity index (χ4v) is 4.13. The predicted molar refractivity (Wildman–Crippen MR) is 103 cm³/mol. The van der Waals surface area contributed by atoms with Gasteiger partial charge in [-0.05, 0) is 24.1 Å². The van der Waals surface area contributed by atoms with E-state index in [1.165, 1.54) is 17.7 Å². The third-order valence-corrected chi connectivity index (χ3v) is 5.48. The molecule has 1 aliphatic heterocycles. The van der Waals surface area contributed by atoms with E-state index in [1.54, 1.807) is 18.2 Å². The number of aromatic nitrogens is 2. The summed E-state index contributed by atoms with van der Waals surface area (Å²) in [6, 6.07) is 5.11. The van der Waals surface area contributed by atoms with Crippen molar-refractivity contribution in [2.24, 2.45) is 5.92 Å². The molecular formula is C19H20N4O3S. The van der Waals surface area contributed by atoms with E-state index >= 15 is 0 Å². The molecule has 0 spiro atoms. The first-order chi connectivity index (χ1) is 13.0. The summed E-state index contributed by atoms with van der Waals surface area (Å²) in [5.74, 6) is 0.284. The molecule has 0 saturated carbocycles. The average Bonchev–Trinajstić information content (AvgIpc) is 3.25. The number of anilines is 1. The Bertz CT molecular complexity index is 1010. The van der Waals surface area contributed by atoms with Gasteiger partial charge in [0.05, 0.1) is 12.2 Å². The fourth-order valence-electron chi connectivity index (χ4n) is 3.11. The van der Waals surface area contributed by atoms with E-state index in [0.29, 0.717) is 47.2 Å². The molecule has 7 nitrogen and oxygen atoms in total. The molecule has 8 heteroatoms. The van der Waals surface area contributed by atoms with Crippen LogP contribution in [0.2, 0.25) is 0 Å². The van der Waals surface area contributed by atoms with Crippen molar-refractivity contribution in [3.63, 3.8) is 0 Å². The topological polar surface area (TPSA) is 88.3 Å². The van der Waals surface area contributed by atoms with Gasteiger partial charge in [0.15, 0.2) is 17.1 Å². The Labute approximate surface area is 160 Å². The summed E-state index contributed by atoms with van der Waals surface area (Å²) in [5, 5.41) is 3.41. The van der Waals surface area contributed by atoms with E-state index < -0.39 is 0 Å². The summed E-state index contributed by atoms with van der Waals surface area (Å²) in [6.45, 7) is 5.34. The highest BCUT2D eigenvalue weighted by Gasteiger charge is 2.25. The van der Waals surface area contributed by atoms with Crippen molar-refractivity contribution >= 4 is 39.4 Å². The first-order valence-corrected chi connectivity index (χ1v) is 9.72. The number of nitrogens with one attached hydrogen (secondary N) is 1. The normalized spacial score (nSPS) is 13.8. The zero-order valence-corrected chi connectivity index (χ0v) is 16.0. The Morgan fingerprint density at radius 3 is 3.04 bits per heavy atom. The second kappa shape index (κ2) is 7.11. The fraction of sp³-hybridized carbons (Fsp3) is 0.368. The van der Waals surface area contributed by atoms with Crippen LogP contribution in [-0.4, -0.2) is 33.2 Å². The minimum Gasteiger partial charge on any atom is -0.443 e. The number of thiazole rings is 1.